The Morgan fingerprint density at radius 3 is 2.54 bits per heavy atom. The molecule has 1 aliphatic carbocycles. The lowest BCUT2D eigenvalue weighted by Crippen LogP contribution is -2.32. The van der Waals surface area contributed by atoms with Crippen molar-refractivity contribution >= 4 is 11.6 Å². The van der Waals surface area contributed by atoms with Crippen LogP contribution in [-0.4, -0.2) is 10.5 Å². The van der Waals surface area contributed by atoms with Crippen LogP contribution in [0.3, 0.4) is 0 Å². The Labute approximate surface area is 169 Å². The van der Waals surface area contributed by atoms with Gasteiger partial charge in [-0.15, -0.1) is 0 Å². The first-order valence-corrected chi connectivity index (χ1v) is 10.9. The van der Waals surface area contributed by atoms with E-state index in [0.717, 1.165) is 62.8 Å². The average molecular weight is 385 g/mol. The molecule has 1 atom stereocenters. The number of unbranched alkanes of at least 4 members (excludes halogenated alkanes) is 2. The Balaban J connectivity index is 2.41. The summed E-state index contributed by atoms with van der Waals surface area (Å²) in [6.45, 7) is 9.17. The maximum atomic E-state index is 13.2. The minimum atomic E-state index is -0.192. The van der Waals surface area contributed by atoms with Crippen molar-refractivity contribution in [2.24, 2.45) is 5.92 Å². The molecule has 0 bridgehead atoms. The van der Waals surface area contributed by atoms with E-state index in [1.807, 2.05) is 35.8 Å². The highest BCUT2D eigenvalue weighted by atomic mass is 16.2. The van der Waals surface area contributed by atoms with E-state index in [0.29, 0.717) is 12.1 Å². The van der Waals surface area contributed by atoms with Gasteiger partial charge in [-0.1, -0.05) is 63.8 Å². The van der Waals surface area contributed by atoms with E-state index in [1.165, 1.54) is 5.56 Å². The number of hydrogen-bond acceptors (Lipinski definition) is 2. The van der Waals surface area contributed by atoms with E-state index in [1.54, 1.807) is 0 Å². The number of anilines is 1. The molecule has 0 radical (unpaired) electrons. The number of rotatable bonds is 10. The summed E-state index contributed by atoms with van der Waals surface area (Å²) in [7, 11) is 0. The summed E-state index contributed by atoms with van der Waals surface area (Å²) in [5, 5.41) is 2.96. The molecule has 28 heavy (non-hydrogen) atoms. The normalized spacial score (nSPS) is 16.1. The summed E-state index contributed by atoms with van der Waals surface area (Å²) in [6, 6.07) is 1.94. The number of aromatic nitrogens is 1. The topological polar surface area (TPSA) is 51.1 Å². The molecule has 4 nitrogen and oxygen atoms in total. The second kappa shape index (κ2) is 11.0. The van der Waals surface area contributed by atoms with Crippen LogP contribution in [0.2, 0.25) is 0 Å². The Hall–Kier alpha value is -2.10. The molecule has 0 aromatic carbocycles. The number of hydrogen-bond donors (Lipinski definition) is 1. The molecule has 1 heterocycles. The van der Waals surface area contributed by atoms with Crippen molar-refractivity contribution in [3.8, 4) is 0 Å². The third-order valence-corrected chi connectivity index (χ3v) is 5.50. The zero-order valence-electron chi connectivity index (χ0n) is 18.0. The van der Waals surface area contributed by atoms with Crippen LogP contribution < -0.4 is 10.9 Å². The molecular formula is C24H36N2O2. The maximum absolute atomic E-state index is 13.2. The van der Waals surface area contributed by atoms with Crippen molar-refractivity contribution < 1.29 is 4.79 Å². The fourth-order valence-corrected chi connectivity index (χ4v) is 3.80. The van der Waals surface area contributed by atoms with Gasteiger partial charge in [0.25, 0.3) is 5.56 Å². The van der Waals surface area contributed by atoms with Gasteiger partial charge in [-0.3, -0.25) is 9.59 Å². The van der Waals surface area contributed by atoms with Gasteiger partial charge in [-0.05, 0) is 50.7 Å². The van der Waals surface area contributed by atoms with Gasteiger partial charge in [0, 0.05) is 12.2 Å². The minimum Gasteiger partial charge on any atom is -0.321 e. The summed E-state index contributed by atoms with van der Waals surface area (Å²) in [4.78, 5) is 26.1. The van der Waals surface area contributed by atoms with E-state index in [2.05, 4.69) is 26.1 Å². The van der Waals surface area contributed by atoms with Crippen LogP contribution in [-0.2, 0) is 24.2 Å². The number of carbonyl (C=O) groups excluding carboxylic acids is 1. The Kier molecular flexibility index (Phi) is 8.75. The number of nitrogens with zero attached hydrogens (tertiary/aromatic N) is 1. The molecule has 0 saturated carbocycles. The van der Waals surface area contributed by atoms with Gasteiger partial charge in [0.1, 0.15) is 5.69 Å². The van der Waals surface area contributed by atoms with Crippen molar-refractivity contribution in [1.82, 2.24) is 4.57 Å². The lowest BCUT2D eigenvalue weighted by Gasteiger charge is -2.21. The van der Waals surface area contributed by atoms with E-state index in [4.69, 9.17) is 0 Å². The zero-order valence-corrected chi connectivity index (χ0v) is 18.0. The highest BCUT2D eigenvalue weighted by Crippen LogP contribution is 2.23. The zero-order chi connectivity index (χ0) is 20.5. The molecule has 1 aliphatic rings. The molecule has 1 unspecified atom stereocenters. The van der Waals surface area contributed by atoms with Crippen molar-refractivity contribution in [3.05, 3.63) is 51.5 Å². The molecule has 154 valence electrons. The summed E-state index contributed by atoms with van der Waals surface area (Å²) < 4.78 is 1.93. The maximum Gasteiger partial charge on any atom is 0.274 e. The van der Waals surface area contributed by atoms with Gasteiger partial charge in [-0.2, -0.15) is 0 Å². The third-order valence-electron chi connectivity index (χ3n) is 5.50. The molecule has 4 heteroatoms. The number of pyridine rings is 1. The molecule has 0 spiro atoms. The molecule has 1 aromatic heterocycles. The molecule has 0 fully saturated rings. The molecule has 1 aromatic rings. The van der Waals surface area contributed by atoms with Gasteiger partial charge in [-0.25, -0.2) is 0 Å². The van der Waals surface area contributed by atoms with Crippen molar-refractivity contribution in [1.29, 1.82) is 0 Å². The second-order valence-corrected chi connectivity index (χ2v) is 7.81. The molecule has 2 rings (SSSR count). The molecular weight excluding hydrogens is 348 g/mol. The predicted molar refractivity (Wildman–Crippen MR) is 118 cm³/mol. The van der Waals surface area contributed by atoms with Crippen LogP contribution in [0.1, 0.15) is 77.5 Å². The summed E-state index contributed by atoms with van der Waals surface area (Å²) >= 11 is 0. The first-order valence-electron chi connectivity index (χ1n) is 10.9. The van der Waals surface area contributed by atoms with Crippen molar-refractivity contribution in [3.63, 3.8) is 0 Å². The third kappa shape index (κ3) is 5.46. The quantitative estimate of drug-likeness (QED) is 0.587. The second-order valence-electron chi connectivity index (χ2n) is 7.81. The summed E-state index contributed by atoms with van der Waals surface area (Å²) in [6.07, 6.45) is 13.7. The minimum absolute atomic E-state index is 0.0549. The highest BCUT2D eigenvalue weighted by molar-refractivity contribution is 5.94. The monoisotopic (exact) mass is 384 g/mol. The number of allylic oxidation sites excluding steroid dienone is 3. The van der Waals surface area contributed by atoms with Gasteiger partial charge in [0.05, 0.1) is 5.92 Å². The van der Waals surface area contributed by atoms with Crippen LogP contribution in [0, 0.1) is 5.92 Å². The SMILES string of the molecule is CCCCc1c(CCC)cc(NC(=O)C2CC=CC=C2C)c(=O)n1CCCC. The average Bonchev–Trinajstić information content (AvgIpc) is 2.68. The van der Waals surface area contributed by atoms with Gasteiger partial charge in [0.2, 0.25) is 5.91 Å². The number of nitrogens with one attached hydrogen (secondary N) is 1. The fraction of sp³-hybridized carbons (Fsp3) is 0.583. The van der Waals surface area contributed by atoms with Gasteiger partial charge >= 0.3 is 0 Å². The molecule has 1 N–H and O–H groups in total. The summed E-state index contributed by atoms with van der Waals surface area (Å²) in [5.41, 5.74) is 3.79. The Bertz CT molecular complexity index is 787. The highest BCUT2D eigenvalue weighted by Gasteiger charge is 2.23. The summed E-state index contributed by atoms with van der Waals surface area (Å²) in [5.74, 6) is -0.274. The van der Waals surface area contributed by atoms with E-state index >= 15 is 0 Å². The smallest absolute Gasteiger partial charge is 0.274 e. The van der Waals surface area contributed by atoms with E-state index < -0.39 is 0 Å². The molecule has 0 aliphatic heterocycles. The Morgan fingerprint density at radius 2 is 1.89 bits per heavy atom. The largest absolute Gasteiger partial charge is 0.321 e. The number of aryl methyl sites for hydroxylation is 1. The van der Waals surface area contributed by atoms with E-state index in [-0.39, 0.29) is 17.4 Å². The lowest BCUT2D eigenvalue weighted by molar-refractivity contribution is -0.118. The van der Waals surface area contributed by atoms with E-state index in [9.17, 15) is 9.59 Å². The van der Waals surface area contributed by atoms with Crippen LogP contribution in [0.25, 0.3) is 0 Å². The van der Waals surface area contributed by atoms with Gasteiger partial charge < -0.3 is 9.88 Å². The fourth-order valence-electron chi connectivity index (χ4n) is 3.80. The van der Waals surface area contributed by atoms with Gasteiger partial charge in [0.15, 0.2) is 0 Å². The molecule has 1 amide bonds. The van der Waals surface area contributed by atoms with Crippen LogP contribution in [0.4, 0.5) is 5.69 Å². The first-order chi connectivity index (χ1) is 13.5. The molecule has 0 saturated heterocycles. The Morgan fingerprint density at radius 1 is 1.14 bits per heavy atom. The number of carbonyl (C=O) groups is 1. The van der Waals surface area contributed by atoms with Crippen molar-refractivity contribution in [2.75, 3.05) is 5.32 Å². The predicted octanol–water partition coefficient (Wildman–Crippen LogP) is 5.40. The van der Waals surface area contributed by atoms with Crippen LogP contribution in [0.15, 0.2) is 34.7 Å². The lowest BCUT2D eigenvalue weighted by atomic mass is 9.92. The number of amides is 1. The standard InChI is InChI=1S/C24H36N2O2/c1-5-8-15-22-19(12-7-3)17-21(24(28)26(22)16-9-6-2)25-23(27)20-14-11-10-13-18(20)4/h10-11,13,17,20H,5-9,12,14-16H2,1-4H3,(H,25,27). The van der Waals surface area contributed by atoms with Crippen LogP contribution >= 0.6 is 0 Å². The van der Waals surface area contributed by atoms with Crippen LogP contribution in [0.5, 0.6) is 0 Å². The first kappa shape index (κ1) is 22.2. The van der Waals surface area contributed by atoms with Crippen molar-refractivity contribution in [2.45, 2.75) is 85.6 Å².